The number of hydrogen-bond acceptors (Lipinski definition) is 7. The Balaban J connectivity index is 1.53. The molecule has 128 valence electrons. The zero-order valence-corrected chi connectivity index (χ0v) is 14.7. The van der Waals surface area contributed by atoms with Gasteiger partial charge in [-0.25, -0.2) is 8.42 Å². The van der Waals surface area contributed by atoms with Gasteiger partial charge in [-0.2, -0.15) is 19.2 Å². The van der Waals surface area contributed by atoms with Gasteiger partial charge in [0.05, 0.1) is 10.5 Å². The molecule has 1 aromatic carbocycles. The molecule has 4 rings (SSSR count). The van der Waals surface area contributed by atoms with Gasteiger partial charge in [0.2, 0.25) is 15.0 Å². The Bertz CT molecular complexity index is 1030. The maximum absolute atomic E-state index is 12.8. The molecule has 0 N–H and O–H groups in total. The van der Waals surface area contributed by atoms with E-state index in [1.807, 2.05) is 6.07 Å². The van der Waals surface area contributed by atoms with E-state index in [0.29, 0.717) is 25.9 Å². The van der Waals surface area contributed by atoms with Gasteiger partial charge in [-0.3, -0.25) is 0 Å². The van der Waals surface area contributed by atoms with Crippen LogP contribution in [0, 0.1) is 11.3 Å². The van der Waals surface area contributed by atoms with Gasteiger partial charge in [0.25, 0.3) is 0 Å². The molecule has 3 aromatic rings. The molecule has 0 spiro atoms. The van der Waals surface area contributed by atoms with Crippen molar-refractivity contribution in [2.75, 3.05) is 13.1 Å². The Kier molecular flexibility index (Phi) is 3.99. The van der Waals surface area contributed by atoms with E-state index in [9.17, 15) is 8.42 Å². The van der Waals surface area contributed by atoms with Crippen LogP contribution in [0.2, 0.25) is 0 Å². The third-order valence-electron chi connectivity index (χ3n) is 4.33. The summed E-state index contributed by atoms with van der Waals surface area (Å²) < 4.78 is 28.8. The fraction of sp³-hybridized carbons (Fsp3) is 0.333. The van der Waals surface area contributed by atoms with Gasteiger partial charge in [-0.1, -0.05) is 23.5 Å². The van der Waals surface area contributed by atoms with Crippen LogP contribution in [0.3, 0.4) is 0 Å². The van der Waals surface area contributed by atoms with Crippen LogP contribution in [-0.4, -0.2) is 45.6 Å². The maximum Gasteiger partial charge on any atom is 0.244 e. The average molecular weight is 374 g/mol. The molecule has 0 aliphatic carbocycles. The van der Waals surface area contributed by atoms with Crippen molar-refractivity contribution >= 4 is 26.3 Å². The Morgan fingerprint density at radius 3 is 2.72 bits per heavy atom. The molecular weight excluding hydrogens is 360 g/mol. The molecule has 25 heavy (non-hydrogen) atoms. The molecule has 0 unspecified atom stereocenters. The third-order valence-corrected chi connectivity index (χ3v) is 7.36. The molecule has 10 heteroatoms. The number of hydrogen-bond donors (Lipinski definition) is 0. The smallest absolute Gasteiger partial charge is 0.207 e. The second-order valence-corrected chi connectivity index (χ2v) is 8.68. The van der Waals surface area contributed by atoms with Crippen LogP contribution in [0.4, 0.5) is 0 Å². The monoisotopic (exact) mass is 374 g/mol. The minimum absolute atomic E-state index is 0.0785. The lowest BCUT2D eigenvalue weighted by Crippen LogP contribution is -2.38. The molecule has 0 radical (unpaired) electrons. The van der Waals surface area contributed by atoms with Crippen molar-refractivity contribution in [2.24, 2.45) is 0 Å². The Hall–Kier alpha value is -2.35. The minimum atomic E-state index is -3.66. The van der Waals surface area contributed by atoms with Gasteiger partial charge < -0.3 is 0 Å². The van der Waals surface area contributed by atoms with Crippen LogP contribution >= 0.6 is 11.3 Å². The highest BCUT2D eigenvalue weighted by atomic mass is 32.2. The van der Waals surface area contributed by atoms with Crippen molar-refractivity contribution in [1.82, 2.24) is 24.1 Å². The first-order valence-electron chi connectivity index (χ1n) is 7.75. The number of sulfonamides is 1. The largest absolute Gasteiger partial charge is 0.244 e. The molecule has 1 aliphatic rings. The number of benzene rings is 1. The fourth-order valence-corrected chi connectivity index (χ4v) is 5.61. The third kappa shape index (κ3) is 2.80. The van der Waals surface area contributed by atoms with E-state index < -0.39 is 10.0 Å². The van der Waals surface area contributed by atoms with E-state index in [1.165, 1.54) is 27.8 Å². The topological polar surface area (TPSA) is 104 Å². The summed E-state index contributed by atoms with van der Waals surface area (Å²) in [5.41, 5.74) is 0.179. The zero-order valence-electron chi connectivity index (χ0n) is 13.1. The first-order valence-corrected chi connectivity index (χ1v) is 10.0. The van der Waals surface area contributed by atoms with Crippen LogP contribution in [0.15, 0.2) is 35.5 Å². The number of aromatic nitrogens is 4. The Labute approximate surface area is 148 Å². The lowest BCUT2D eigenvalue weighted by molar-refractivity contribution is 0.318. The predicted octanol–water partition coefficient (Wildman–Crippen LogP) is 1.63. The summed E-state index contributed by atoms with van der Waals surface area (Å²) >= 11 is 1.49. The molecule has 0 bridgehead atoms. The van der Waals surface area contributed by atoms with Gasteiger partial charge in [-0.05, 0) is 25.0 Å². The normalized spacial score (nSPS) is 16.9. The number of rotatable bonds is 3. The number of fused-ring (bicyclic) bond motifs is 1. The van der Waals surface area contributed by atoms with Crippen LogP contribution in [0.1, 0.15) is 29.3 Å². The Morgan fingerprint density at radius 2 is 2.00 bits per heavy atom. The molecule has 8 nitrogen and oxygen atoms in total. The molecule has 0 amide bonds. The van der Waals surface area contributed by atoms with Gasteiger partial charge in [-0.15, -0.1) is 10.2 Å². The summed E-state index contributed by atoms with van der Waals surface area (Å²) in [5.74, 6) is 0.212. The van der Waals surface area contributed by atoms with E-state index in [2.05, 4.69) is 15.3 Å². The molecule has 1 saturated heterocycles. The van der Waals surface area contributed by atoms with Crippen LogP contribution < -0.4 is 0 Å². The maximum atomic E-state index is 12.8. The highest BCUT2D eigenvalue weighted by Crippen LogP contribution is 2.33. The second kappa shape index (κ2) is 6.18. The SMILES string of the molecule is N#Cc1ccccc1S(=O)(=O)N1CCC(c2nn3cnnc3s2)CC1. The molecule has 0 atom stereocenters. The molecule has 0 saturated carbocycles. The van der Waals surface area contributed by atoms with E-state index in [-0.39, 0.29) is 16.4 Å². The summed E-state index contributed by atoms with van der Waals surface area (Å²) in [6.45, 7) is 0.819. The van der Waals surface area contributed by atoms with Crippen LogP contribution in [0.25, 0.3) is 4.96 Å². The van der Waals surface area contributed by atoms with Gasteiger partial charge in [0.15, 0.2) is 0 Å². The second-order valence-electron chi connectivity index (χ2n) is 5.78. The average Bonchev–Trinajstić information content (AvgIpc) is 3.24. The van der Waals surface area contributed by atoms with Crippen molar-refractivity contribution < 1.29 is 8.42 Å². The number of nitrogens with zero attached hydrogens (tertiary/aromatic N) is 6. The first kappa shape index (κ1) is 16.1. The highest BCUT2D eigenvalue weighted by Gasteiger charge is 2.32. The predicted molar refractivity (Wildman–Crippen MR) is 90.5 cm³/mol. The van der Waals surface area contributed by atoms with Gasteiger partial charge in [0, 0.05) is 19.0 Å². The summed E-state index contributed by atoms with van der Waals surface area (Å²) in [5, 5.41) is 22.4. The zero-order chi connectivity index (χ0) is 17.4. The molecule has 1 aliphatic heterocycles. The van der Waals surface area contributed by atoms with E-state index in [1.54, 1.807) is 23.0 Å². The van der Waals surface area contributed by atoms with Crippen molar-refractivity contribution in [3.05, 3.63) is 41.2 Å². The van der Waals surface area contributed by atoms with Crippen LogP contribution in [-0.2, 0) is 10.0 Å². The summed E-state index contributed by atoms with van der Waals surface area (Å²) in [4.78, 5) is 0.822. The van der Waals surface area contributed by atoms with Crippen molar-refractivity contribution in [3.63, 3.8) is 0 Å². The summed E-state index contributed by atoms with van der Waals surface area (Å²) in [7, 11) is -3.66. The van der Waals surface area contributed by atoms with Crippen molar-refractivity contribution in [1.29, 1.82) is 5.26 Å². The van der Waals surface area contributed by atoms with E-state index in [4.69, 9.17) is 5.26 Å². The summed E-state index contributed by atoms with van der Waals surface area (Å²) in [6.07, 6.45) is 2.95. The quantitative estimate of drug-likeness (QED) is 0.690. The molecular formula is C15H14N6O2S2. The molecule has 2 aromatic heterocycles. The minimum Gasteiger partial charge on any atom is -0.207 e. The van der Waals surface area contributed by atoms with Gasteiger partial charge >= 0.3 is 0 Å². The van der Waals surface area contributed by atoms with Crippen LogP contribution in [0.5, 0.6) is 0 Å². The summed E-state index contributed by atoms with van der Waals surface area (Å²) in [6, 6.07) is 8.28. The lowest BCUT2D eigenvalue weighted by atomic mass is 9.99. The van der Waals surface area contributed by atoms with E-state index >= 15 is 0 Å². The lowest BCUT2D eigenvalue weighted by Gasteiger charge is -2.30. The number of piperidine rings is 1. The van der Waals surface area contributed by atoms with Crippen molar-refractivity contribution in [2.45, 2.75) is 23.7 Å². The standard InChI is InChI=1S/C15H14N6O2S2/c16-9-12-3-1-2-4-13(12)25(22,23)20-7-5-11(6-8-20)14-19-21-10-17-18-15(21)24-14/h1-4,10-11H,5-8H2. The van der Waals surface area contributed by atoms with Crippen molar-refractivity contribution in [3.8, 4) is 6.07 Å². The first-order chi connectivity index (χ1) is 12.1. The van der Waals surface area contributed by atoms with Gasteiger partial charge in [0.1, 0.15) is 17.4 Å². The molecule has 1 fully saturated rings. The Morgan fingerprint density at radius 1 is 1.24 bits per heavy atom. The van der Waals surface area contributed by atoms with E-state index in [0.717, 1.165) is 9.97 Å². The fourth-order valence-electron chi connectivity index (χ4n) is 3.01. The highest BCUT2D eigenvalue weighted by molar-refractivity contribution is 7.89. The molecule has 3 heterocycles. The number of nitriles is 1.